The molecule has 4 N–H and O–H groups in total. The van der Waals surface area contributed by atoms with E-state index in [1.807, 2.05) is 24.0 Å². The van der Waals surface area contributed by atoms with Gasteiger partial charge in [0.1, 0.15) is 5.82 Å². The van der Waals surface area contributed by atoms with E-state index < -0.39 is 0 Å². The topological polar surface area (TPSA) is 147 Å². The molecule has 2 aromatic heterocycles. The number of allylic oxidation sites excluding steroid dienone is 1. The molecule has 4 aromatic rings. The highest BCUT2D eigenvalue weighted by Crippen LogP contribution is 2.37. The maximum Gasteiger partial charge on any atom is 0.221 e. The number of hydrogen-bond acceptors (Lipinski definition) is 11. The summed E-state index contributed by atoms with van der Waals surface area (Å²) in [5, 5.41) is 4.98. The van der Waals surface area contributed by atoms with Crippen LogP contribution in [0.15, 0.2) is 60.9 Å². The van der Waals surface area contributed by atoms with Crippen LogP contribution in [0, 0.1) is 0 Å². The molecule has 4 heterocycles. The number of carbonyl (C=O) groups excluding carboxylic acids is 1. The number of methoxy groups -OCH3 is 2. The van der Waals surface area contributed by atoms with Gasteiger partial charge in [-0.15, -0.1) is 0 Å². The quantitative estimate of drug-likeness (QED) is 0.198. The van der Waals surface area contributed by atoms with Gasteiger partial charge in [-0.2, -0.15) is 10.1 Å². The summed E-state index contributed by atoms with van der Waals surface area (Å²) in [5.74, 6) is 0.977. The van der Waals surface area contributed by atoms with Crippen LogP contribution in [0.2, 0.25) is 0 Å². The van der Waals surface area contributed by atoms with Crippen molar-refractivity contribution in [3.63, 3.8) is 0 Å². The number of anilines is 2. The van der Waals surface area contributed by atoms with Crippen molar-refractivity contribution in [2.45, 2.75) is 25.4 Å². The highest BCUT2D eigenvalue weighted by molar-refractivity contribution is 6.07. The van der Waals surface area contributed by atoms with E-state index in [9.17, 15) is 4.79 Å². The van der Waals surface area contributed by atoms with Crippen LogP contribution in [0.4, 0.5) is 11.8 Å². The summed E-state index contributed by atoms with van der Waals surface area (Å²) in [7, 11) is 5.06. The number of morpholine rings is 1. The molecule has 0 amide bonds. The predicted molar refractivity (Wildman–Crippen MR) is 175 cm³/mol. The summed E-state index contributed by atoms with van der Waals surface area (Å²) in [6, 6.07) is 14.1. The van der Waals surface area contributed by atoms with Crippen molar-refractivity contribution in [2.75, 3.05) is 58.5 Å². The molecule has 6 rings (SSSR count). The third-order valence-electron chi connectivity index (χ3n) is 8.62. The minimum absolute atomic E-state index is 0.104. The lowest BCUT2D eigenvalue weighted by atomic mass is 9.91. The van der Waals surface area contributed by atoms with E-state index in [-0.39, 0.29) is 23.6 Å². The maximum absolute atomic E-state index is 13.9. The molecule has 1 saturated heterocycles. The number of aromatic nitrogens is 4. The standard InChI is InChI=1S/C34H40N8O4/c1-40-25(21-41-12-14-46-15-13-41)19-28(39-40)31-26-7-5-4-6-23(26)8-10-42(31)11-9-29(43)27-17-22(18-30(44-2)32(27)45-3)16-24-20-37-34(36)38-33(24)35/h4-7,9,11,17-20,31H,8,10,12-16,21H2,1-3H3,(H4,35,36,37,38)/b11-9+. The maximum atomic E-state index is 13.9. The minimum atomic E-state index is -0.217. The summed E-state index contributed by atoms with van der Waals surface area (Å²) in [6.45, 7) is 4.84. The molecule has 2 aliphatic heterocycles. The number of ether oxygens (including phenoxy) is 3. The predicted octanol–water partition coefficient (Wildman–Crippen LogP) is 3.16. The number of carbonyl (C=O) groups is 1. The van der Waals surface area contributed by atoms with Crippen LogP contribution in [0.3, 0.4) is 0 Å². The van der Waals surface area contributed by atoms with Crippen molar-refractivity contribution >= 4 is 17.5 Å². The number of ketones is 1. The second-order valence-electron chi connectivity index (χ2n) is 11.5. The highest BCUT2D eigenvalue weighted by Gasteiger charge is 2.30. The van der Waals surface area contributed by atoms with Gasteiger partial charge >= 0.3 is 0 Å². The summed E-state index contributed by atoms with van der Waals surface area (Å²) >= 11 is 0. The molecule has 1 fully saturated rings. The zero-order valence-electron chi connectivity index (χ0n) is 26.5. The molecule has 2 aliphatic rings. The van der Waals surface area contributed by atoms with Gasteiger partial charge in [0.25, 0.3) is 0 Å². The van der Waals surface area contributed by atoms with E-state index in [2.05, 4.69) is 50.1 Å². The number of nitrogen functional groups attached to an aromatic ring is 2. The lowest BCUT2D eigenvalue weighted by molar-refractivity contribution is 0.0331. The average Bonchev–Trinajstić information content (AvgIpc) is 3.43. The molecule has 46 heavy (non-hydrogen) atoms. The van der Waals surface area contributed by atoms with Crippen LogP contribution < -0.4 is 20.9 Å². The molecule has 0 spiro atoms. The van der Waals surface area contributed by atoms with E-state index in [0.29, 0.717) is 29.0 Å². The molecule has 0 aliphatic carbocycles. The zero-order chi connectivity index (χ0) is 32.2. The monoisotopic (exact) mass is 624 g/mol. The number of nitrogens with zero attached hydrogens (tertiary/aromatic N) is 6. The molecular weight excluding hydrogens is 584 g/mol. The second kappa shape index (κ2) is 13.6. The third-order valence-corrected chi connectivity index (χ3v) is 8.62. The molecule has 12 heteroatoms. The molecule has 2 aromatic carbocycles. The Balaban J connectivity index is 1.30. The fourth-order valence-electron chi connectivity index (χ4n) is 6.23. The first-order chi connectivity index (χ1) is 22.3. The first kappa shape index (κ1) is 31.1. The molecule has 240 valence electrons. The van der Waals surface area contributed by atoms with Crippen molar-refractivity contribution in [1.82, 2.24) is 29.5 Å². The van der Waals surface area contributed by atoms with Crippen LogP contribution in [0.25, 0.3) is 0 Å². The minimum Gasteiger partial charge on any atom is -0.493 e. The van der Waals surface area contributed by atoms with Gasteiger partial charge in [-0.25, -0.2) is 4.98 Å². The fourth-order valence-corrected chi connectivity index (χ4v) is 6.23. The molecule has 1 atom stereocenters. The Labute approximate surface area is 268 Å². The van der Waals surface area contributed by atoms with Crippen LogP contribution >= 0.6 is 0 Å². The number of nitrogens with two attached hydrogens (primary N) is 2. The number of hydrogen-bond donors (Lipinski definition) is 2. The van der Waals surface area contributed by atoms with Crippen molar-refractivity contribution in [3.8, 4) is 11.5 Å². The van der Waals surface area contributed by atoms with Gasteiger partial charge in [0.15, 0.2) is 17.3 Å². The van der Waals surface area contributed by atoms with Crippen molar-refractivity contribution in [2.24, 2.45) is 7.05 Å². The fraction of sp³-hybridized carbons (Fsp3) is 0.353. The molecule has 1 unspecified atom stereocenters. The van der Waals surface area contributed by atoms with E-state index >= 15 is 0 Å². The molecule has 0 bridgehead atoms. The largest absolute Gasteiger partial charge is 0.493 e. The van der Waals surface area contributed by atoms with Gasteiger partial charge in [-0.1, -0.05) is 24.3 Å². The SMILES string of the molecule is COc1cc(Cc2cnc(N)nc2N)cc(C(=O)/C=C/N2CCc3ccccc3C2c2cc(CN3CCOCC3)n(C)n2)c1OC. The number of aryl methyl sites for hydroxylation is 1. The average molecular weight is 625 g/mol. The van der Waals surface area contributed by atoms with Crippen LogP contribution in [0.5, 0.6) is 11.5 Å². The Morgan fingerprint density at radius 1 is 1.09 bits per heavy atom. The third kappa shape index (κ3) is 6.53. The smallest absolute Gasteiger partial charge is 0.221 e. The van der Waals surface area contributed by atoms with Crippen molar-refractivity contribution in [1.29, 1.82) is 0 Å². The zero-order valence-corrected chi connectivity index (χ0v) is 26.5. The Hall–Kier alpha value is -4.94. The van der Waals surface area contributed by atoms with E-state index in [1.165, 1.54) is 18.2 Å². The summed E-state index contributed by atoms with van der Waals surface area (Å²) in [5.41, 5.74) is 18.2. The lowest BCUT2D eigenvalue weighted by Gasteiger charge is -2.35. The van der Waals surface area contributed by atoms with Gasteiger partial charge in [0, 0.05) is 63.7 Å². The van der Waals surface area contributed by atoms with Gasteiger partial charge in [0.2, 0.25) is 5.95 Å². The van der Waals surface area contributed by atoms with Gasteiger partial charge in [-0.3, -0.25) is 14.4 Å². The van der Waals surface area contributed by atoms with Gasteiger partial charge in [0.05, 0.1) is 50.4 Å². The van der Waals surface area contributed by atoms with Crippen molar-refractivity contribution in [3.05, 3.63) is 100 Å². The Morgan fingerprint density at radius 2 is 1.89 bits per heavy atom. The Morgan fingerprint density at radius 3 is 2.65 bits per heavy atom. The van der Waals surface area contributed by atoms with Gasteiger partial charge in [-0.05, 0) is 41.3 Å². The first-order valence-corrected chi connectivity index (χ1v) is 15.3. The van der Waals surface area contributed by atoms with E-state index in [4.69, 9.17) is 30.8 Å². The number of fused-ring (bicyclic) bond motifs is 1. The lowest BCUT2D eigenvalue weighted by Crippen LogP contribution is -2.36. The Kier molecular flexibility index (Phi) is 9.18. The highest BCUT2D eigenvalue weighted by atomic mass is 16.5. The molecular formula is C34H40N8O4. The summed E-state index contributed by atoms with van der Waals surface area (Å²) < 4.78 is 18.8. The Bertz CT molecular complexity index is 1750. The van der Waals surface area contributed by atoms with Crippen molar-refractivity contribution < 1.29 is 19.0 Å². The molecule has 0 radical (unpaired) electrons. The van der Waals surface area contributed by atoms with Crippen LogP contribution in [0.1, 0.15) is 50.0 Å². The summed E-state index contributed by atoms with van der Waals surface area (Å²) in [6.07, 6.45) is 6.31. The van der Waals surface area contributed by atoms with E-state index in [0.717, 1.165) is 62.8 Å². The first-order valence-electron chi connectivity index (χ1n) is 15.3. The normalized spacial score (nSPS) is 16.8. The molecule has 12 nitrogen and oxygen atoms in total. The van der Waals surface area contributed by atoms with Crippen LogP contribution in [-0.4, -0.2) is 82.4 Å². The van der Waals surface area contributed by atoms with Gasteiger partial charge < -0.3 is 30.6 Å². The second-order valence-corrected chi connectivity index (χ2v) is 11.5. The van der Waals surface area contributed by atoms with Crippen LogP contribution in [-0.2, 0) is 31.2 Å². The summed E-state index contributed by atoms with van der Waals surface area (Å²) in [4.78, 5) is 26.6. The van der Waals surface area contributed by atoms with E-state index in [1.54, 1.807) is 25.4 Å². The number of benzene rings is 2. The number of rotatable bonds is 10. The molecule has 0 saturated carbocycles.